The maximum absolute atomic E-state index is 11.3. The zero-order chi connectivity index (χ0) is 9.97. The van der Waals surface area contributed by atoms with Crippen LogP contribution in [-0.4, -0.2) is 33.9 Å². The van der Waals surface area contributed by atoms with Gasteiger partial charge in [-0.05, 0) is 0 Å². The van der Waals surface area contributed by atoms with Gasteiger partial charge in [-0.2, -0.15) is 4.98 Å². The molecule has 2 heterocycles. The van der Waals surface area contributed by atoms with Gasteiger partial charge < -0.3 is 4.52 Å². The molecule has 1 saturated heterocycles. The Morgan fingerprint density at radius 2 is 2.57 bits per heavy atom. The molecule has 0 N–H and O–H groups in total. The van der Waals surface area contributed by atoms with Gasteiger partial charge in [-0.25, -0.2) is 0 Å². The van der Waals surface area contributed by atoms with Crippen molar-refractivity contribution in [3.05, 3.63) is 12.2 Å². The Hall–Kier alpha value is -1.23. The van der Waals surface area contributed by atoms with Crippen LogP contribution in [-0.2, 0) is 11.3 Å². The van der Waals surface area contributed by atoms with Crippen molar-refractivity contribution in [2.75, 3.05) is 13.1 Å². The Morgan fingerprint density at radius 1 is 1.71 bits per heavy atom. The molecule has 1 fully saturated rings. The number of Topliss-reactive ketones (excluding diaryl/α,β-unsaturated/α-hetero) is 1. The molecule has 1 atom stereocenters. The average Bonchev–Trinajstić information content (AvgIpc) is 2.64. The molecule has 5 heteroatoms. The summed E-state index contributed by atoms with van der Waals surface area (Å²) in [5.74, 6) is 1.18. The fraction of sp³-hybridized carbons (Fsp3) is 0.667. The van der Waals surface area contributed by atoms with Gasteiger partial charge in [0.1, 0.15) is 5.78 Å². The van der Waals surface area contributed by atoms with E-state index in [1.807, 2.05) is 6.92 Å². The molecule has 1 aliphatic rings. The van der Waals surface area contributed by atoms with Crippen molar-refractivity contribution in [3.8, 4) is 0 Å². The molecule has 0 spiro atoms. The number of piperidine rings is 1. The lowest BCUT2D eigenvalue weighted by atomic mass is 9.99. The van der Waals surface area contributed by atoms with Gasteiger partial charge in [0.05, 0.1) is 6.54 Å². The van der Waals surface area contributed by atoms with Gasteiger partial charge in [-0.3, -0.25) is 9.69 Å². The summed E-state index contributed by atoms with van der Waals surface area (Å²) in [6.45, 7) is 4.24. The van der Waals surface area contributed by atoms with Crippen LogP contribution in [0.1, 0.15) is 19.2 Å². The fourth-order valence-corrected chi connectivity index (χ4v) is 1.70. The van der Waals surface area contributed by atoms with E-state index >= 15 is 0 Å². The normalized spacial score (nSPS) is 24.1. The summed E-state index contributed by atoms with van der Waals surface area (Å²) in [6.07, 6.45) is 1.97. The maximum Gasteiger partial charge on any atom is 0.213 e. The SMILES string of the molecule is CC1CN(Cc2ncon2)CCC1=O. The highest BCUT2D eigenvalue weighted by Gasteiger charge is 2.23. The van der Waals surface area contributed by atoms with E-state index in [2.05, 4.69) is 19.6 Å². The van der Waals surface area contributed by atoms with Gasteiger partial charge in [-0.1, -0.05) is 12.1 Å². The van der Waals surface area contributed by atoms with Crippen molar-refractivity contribution in [3.63, 3.8) is 0 Å². The highest BCUT2D eigenvalue weighted by Crippen LogP contribution is 2.13. The summed E-state index contributed by atoms with van der Waals surface area (Å²) in [5, 5.41) is 3.74. The zero-order valence-electron chi connectivity index (χ0n) is 8.14. The number of carbonyl (C=O) groups excluding carboxylic acids is 1. The lowest BCUT2D eigenvalue weighted by Crippen LogP contribution is -2.39. The molecule has 76 valence electrons. The van der Waals surface area contributed by atoms with Crippen LogP contribution in [0.15, 0.2) is 10.9 Å². The molecule has 1 aliphatic heterocycles. The number of carbonyl (C=O) groups is 1. The van der Waals surface area contributed by atoms with E-state index in [0.29, 0.717) is 24.6 Å². The number of rotatable bonds is 2. The Bertz CT molecular complexity index is 310. The monoisotopic (exact) mass is 195 g/mol. The Kier molecular flexibility index (Phi) is 2.58. The molecule has 2 rings (SSSR count). The summed E-state index contributed by atoms with van der Waals surface area (Å²) < 4.78 is 4.65. The number of likely N-dealkylation sites (tertiary alicyclic amines) is 1. The molecule has 14 heavy (non-hydrogen) atoms. The van der Waals surface area contributed by atoms with Crippen molar-refractivity contribution < 1.29 is 9.32 Å². The zero-order valence-corrected chi connectivity index (χ0v) is 8.14. The predicted octanol–water partition coefficient (Wildman–Crippen LogP) is 0.481. The second-order valence-corrected chi connectivity index (χ2v) is 3.70. The lowest BCUT2D eigenvalue weighted by molar-refractivity contribution is -0.125. The van der Waals surface area contributed by atoms with Crippen LogP contribution in [0, 0.1) is 5.92 Å². The molecular formula is C9H13N3O2. The molecule has 1 unspecified atom stereocenters. The Balaban J connectivity index is 1.91. The van der Waals surface area contributed by atoms with E-state index < -0.39 is 0 Å². The standard InChI is InChI=1S/C9H13N3O2/c1-7-4-12(3-2-8(7)13)5-9-10-6-14-11-9/h6-7H,2-5H2,1H3. The second-order valence-electron chi connectivity index (χ2n) is 3.70. The van der Waals surface area contributed by atoms with Crippen LogP contribution in [0.5, 0.6) is 0 Å². The molecule has 0 saturated carbocycles. The van der Waals surface area contributed by atoms with E-state index in [4.69, 9.17) is 0 Å². The van der Waals surface area contributed by atoms with Crippen molar-refractivity contribution in [2.45, 2.75) is 19.9 Å². The highest BCUT2D eigenvalue weighted by atomic mass is 16.5. The van der Waals surface area contributed by atoms with Crippen molar-refractivity contribution in [1.29, 1.82) is 0 Å². The first-order valence-corrected chi connectivity index (χ1v) is 4.76. The summed E-state index contributed by atoms with van der Waals surface area (Å²) in [6, 6.07) is 0. The molecule has 1 aromatic rings. The average molecular weight is 195 g/mol. The smallest absolute Gasteiger partial charge is 0.213 e. The molecule has 0 aromatic carbocycles. The van der Waals surface area contributed by atoms with Gasteiger partial charge in [0, 0.05) is 25.4 Å². The molecule has 0 bridgehead atoms. The van der Waals surface area contributed by atoms with Crippen LogP contribution in [0.25, 0.3) is 0 Å². The quantitative estimate of drug-likeness (QED) is 0.687. The van der Waals surface area contributed by atoms with Gasteiger partial charge in [-0.15, -0.1) is 0 Å². The summed E-state index contributed by atoms with van der Waals surface area (Å²) in [7, 11) is 0. The Morgan fingerprint density at radius 3 is 3.21 bits per heavy atom. The minimum absolute atomic E-state index is 0.135. The number of nitrogens with zero attached hydrogens (tertiary/aromatic N) is 3. The molecule has 0 radical (unpaired) electrons. The van der Waals surface area contributed by atoms with Crippen molar-refractivity contribution in [2.24, 2.45) is 5.92 Å². The largest absolute Gasteiger partial charge is 0.343 e. The second kappa shape index (κ2) is 3.88. The third-order valence-electron chi connectivity index (χ3n) is 2.53. The first kappa shape index (κ1) is 9.33. The molecule has 0 aliphatic carbocycles. The van der Waals surface area contributed by atoms with E-state index in [9.17, 15) is 4.79 Å². The first-order chi connectivity index (χ1) is 6.75. The molecular weight excluding hydrogens is 182 g/mol. The fourth-order valence-electron chi connectivity index (χ4n) is 1.70. The first-order valence-electron chi connectivity index (χ1n) is 4.76. The third-order valence-corrected chi connectivity index (χ3v) is 2.53. The minimum Gasteiger partial charge on any atom is -0.343 e. The van der Waals surface area contributed by atoms with Crippen LogP contribution in [0.2, 0.25) is 0 Å². The van der Waals surface area contributed by atoms with Crippen molar-refractivity contribution >= 4 is 5.78 Å². The molecule has 5 nitrogen and oxygen atoms in total. The number of ketones is 1. The summed E-state index contributed by atoms with van der Waals surface area (Å²) in [4.78, 5) is 17.4. The summed E-state index contributed by atoms with van der Waals surface area (Å²) in [5.41, 5.74) is 0. The van der Waals surface area contributed by atoms with Crippen LogP contribution < -0.4 is 0 Å². The Labute approximate surface area is 82.1 Å². The van der Waals surface area contributed by atoms with Crippen LogP contribution in [0.3, 0.4) is 0 Å². The molecule has 0 amide bonds. The van der Waals surface area contributed by atoms with Gasteiger partial charge in [0.15, 0.2) is 5.82 Å². The van der Waals surface area contributed by atoms with Crippen molar-refractivity contribution in [1.82, 2.24) is 15.0 Å². The highest BCUT2D eigenvalue weighted by molar-refractivity contribution is 5.81. The van der Waals surface area contributed by atoms with Gasteiger partial charge >= 0.3 is 0 Å². The number of aromatic nitrogens is 2. The minimum atomic E-state index is 0.135. The van der Waals surface area contributed by atoms with E-state index in [1.165, 1.54) is 6.39 Å². The molecule has 1 aromatic heterocycles. The third kappa shape index (κ3) is 1.98. The van der Waals surface area contributed by atoms with E-state index in [0.717, 1.165) is 13.1 Å². The topological polar surface area (TPSA) is 59.2 Å². The summed E-state index contributed by atoms with van der Waals surface area (Å²) >= 11 is 0. The van der Waals surface area contributed by atoms with Gasteiger partial charge in [0.25, 0.3) is 0 Å². The van der Waals surface area contributed by atoms with E-state index in [-0.39, 0.29) is 5.92 Å². The van der Waals surface area contributed by atoms with Crippen LogP contribution >= 0.6 is 0 Å². The van der Waals surface area contributed by atoms with E-state index in [1.54, 1.807) is 0 Å². The predicted molar refractivity (Wildman–Crippen MR) is 48.4 cm³/mol. The number of hydrogen-bond acceptors (Lipinski definition) is 5. The lowest BCUT2D eigenvalue weighted by Gasteiger charge is -2.28. The maximum atomic E-state index is 11.3. The van der Waals surface area contributed by atoms with Crippen LogP contribution in [0.4, 0.5) is 0 Å². The van der Waals surface area contributed by atoms with Gasteiger partial charge in [0.2, 0.25) is 6.39 Å². The number of hydrogen-bond donors (Lipinski definition) is 0.